The first-order valence-electron chi connectivity index (χ1n) is 12.5. The van der Waals surface area contributed by atoms with Crippen LogP contribution < -0.4 is 5.32 Å². The summed E-state index contributed by atoms with van der Waals surface area (Å²) in [6.07, 6.45) is 5.38. The van der Waals surface area contributed by atoms with Gasteiger partial charge in [0.15, 0.2) is 5.82 Å². The van der Waals surface area contributed by atoms with Gasteiger partial charge in [-0.2, -0.15) is 11.8 Å². The minimum atomic E-state index is -0.941. The molecule has 2 aromatic rings. The molecule has 1 aliphatic carbocycles. The van der Waals surface area contributed by atoms with E-state index in [9.17, 15) is 9.59 Å². The quantitative estimate of drug-likeness (QED) is 0.567. The van der Waals surface area contributed by atoms with Crippen molar-refractivity contribution < 1.29 is 9.59 Å². The number of nitrogens with one attached hydrogen (secondary N) is 1. The first kappa shape index (κ1) is 24.1. The Kier molecular flexibility index (Phi) is 7.37. The molecule has 4 atom stereocenters. The lowest BCUT2D eigenvalue weighted by Gasteiger charge is -2.45. The molecule has 2 heterocycles. The van der Waals surface area contributed by atoms with Gasteiger partial charge in [0.25, 0.3) is 5.91 Å². The van der Waals surface area contributed by atoms with E-state index < -0.39 is 5.54 Å². The van der Waals surface area contributed by atoms with Gasteiger partial charge >= 0.3 is 0 Å². The predicted octanol–water partition coefficient (Wildman–Crippen LogP) is 4.73. The van der Waals surface area contributed by atoms with Crippen LogP contribution in [0.15, 0.2) is 24.3 Å². The fourth-order valence-electron chi connectivity index (χ4n) is 5.36. The average molecular weight is 471 g/mol. The van der Waals surface area contributed by atoms with Crippen molar-refractivity contribution in [1.82, 2.24) is 19.8 Å². The van der Waals surface area contributed by atoms with Gasteiger partial charge in [-0.25, -0.2) is 4.98 Å². The van der Waals surface area contributed by atoms with Crippen LogP contribution in [0, 0.1) is 11.8 Å². The number of imidazole rings is 1. The number of para-hydroxylation sites is 2. The number of hydrogen-bond acceptors (Lipinski definition) is 4. The molecule has 1 N–H and O–H groups in total. The van der Waals surface area contributed by atoms with E-state index in [1.165, 1.54) is 6.42 Å². The van der Waals surface area contributed by atoms with Crippen molar-refractivity contribution in [2.75, 3.05) is 18.1 Å². The second-order valence-electron chi connectivity index (χ2n) is 10.1. The van der Waals surface area contributed by atoms with Gasteiger partial charge in [0, 0.05) is 12.6 Å². The minimum Gasteiger partial charge on any atom is -0.351 e. The van der Waals surface area contributed by atoms with Gasteiger partial charge in [-0.15, -0.1) is 0 Å². The monoisotopic (exact) mass is 470 g/mol. The molecule has 1 aromatic heterocycles. The summed E-state index contributed by atoms with van der Waals surface area (Å²) in [4.78, 5) is 34.0. The summed E-state index contributed by atoms with van der Waals surface area (Å²) in [5.41, 5.74) is 0.778. The van der Waals surface area contributed by atoms with Crippen molar-refractivity contribution in [3.63, 3.8) is 0 Å². The molecule has 1 aliphatic heterocycles. The number of hydrogen-bond donors (Lipinski definition) is 1. The van der Waals surface area contributed by atoms with Crippen molar-refractivity contribution in [2.45, 2.75) is 77.9 Å². The van der Waals surface area contributed by atoms with E-state index in [0.29, 0.717) is 30.7 Å². The number of carbonyl (C=O) groups is 2. The lowest BCUT2D eigenvalue weighted by Crippen LogP contribution is -2.65. The molecule has 1 saturated carbocycles. The van der Waals surface area contributed by atoms with Crippen molar-refractivity contribution in [3.8, 4) is 0 Å². The second kappa shape index (κ2) is 10.1. The third kappa shape index (κ3) is 4.66. The SMILES string of the molecule is CCCSCCCN1C(=O)c2nc3ccccc3n2C[C@]1(C)C(=O)N[C@@H]1CCC[C@@H](C)[C@H]1C. The molecule has 0 bridgehead atoms. The molecular weight excluding hydrogens is 432 g/mol. The van der Waals surface area contributed by atoms with Crippen LogP contribution in [-0.4, -0.2) is 55.9 Å². The lowest BCUT2D eigenvalue weighted by molar-refractivity contribution is -0.134. The molecule has 33 heavy (non-hydrogen) atoms. The van der Waals surface area contributed by atoms with E-state index in [-0.39, 0.29) is 17.9 Å². The predicted molar refractivity (Wildman–Crippen MR) is 136 cm³/mol. The van der Waals surface area contributed by atoms with Crippen molar-refractivity contribution in [1.29, 1.82) is 0 Å². The number of nitrogens with zero attached hydrogens (tertiary/aromatic N) is 3. The molecule has 1 aromatic carbocycles. The molecule has 180 valence electrons. The van der Waals surface area contributed by atoms with Crippen LogP contribution in [0.5, 0.6) is 0 Å². The molecule has 0 unspecified atom stereocenters. The normalized spacial score (nSPS) is 27.6. The summed E-state index contributed by atoms with van der Waals surface area (Å²) in [7, 11) is 0. The molecule has 0 saturated heterocycles. The molecule has 2 aliphatic rings. The third-order valence-electron chi connectivity index (χ3n) is 7.68. The maximum Gasteiger partial charge on any atom is 0.290 e. The molecule has 7 heteroatoms. The Hall–Kier alpha value is -2.02. The Morgan fingerprint density at radius 1 is 1.24 bits per heavy atom. The maximum atomic E-state index is 13.9. The van der Waals surface area contributed by atoms with E-state index in [4.69, 9.17) is 0 Å². The highest BCUT2D eigenvalue weighted by molar-refractivity contribution is 7.99. The lowest BCUT2D eigenvalue weighted by atomic mass is 9.77. The summed E-state index contributed by atoms with van der Waals surface area (Å²) in [6.45, 7) is 9.64. The van der Waals surface area contributed by atoms with Crippen molar-refractivity contribution >= 4 is 34.6 Å². The number of fused-ring (bicyclic) bond motifs is 3. The Balaban J connectivity index is 1.62. The first-order valence-corrected chi connectivity index (χ1v) is 13.7. The number of aromatic nitrogens is 2. The zero-order valence-electron chi connectivity index (χ0n) is 20.5. The minimum absolute atomic E-state index is 0.0357. The van der Waals surface area contributed by atoms with Crippen LogP contribution in [0.1, 0.15) is 70.4 Å². The maximum absolute atomic E-state index is 13.9. The average Bonchev–Trinajstić information content (AvgIpc) is 3.17. The summed E-state index contributed by atoms with van der Waals surface area (Å²) in [5.74, 6) is 3.42. The zero-order valence-corrected chi connectivity index (χ0v) is 21.3. The van der Waals surface area contributed by atoms with Gasteiger partial charge in [0.1, 0.15) is 5.54 Å². The number of amides is 2. The highest BCUT2D eigenvalue weighted by Gasteiger charge is 2.49. The van der Waals surface area contributed by atoms with Crippen LogP contribution in [0.25, 0.3) is 11.0 Å². The van der Waals surface area contributed by atoms with Crippen LogP contribution in [0.3, 0.4) is 0 Å². The molecule has 2 amide bonds. The Labute approximate surface area is 201 Å². The van der Waals surface area contributed by atoms with E-state index in [2.05, 4.69) is 31.1 Å². The van der Waals surface area contributed by atoms with Gasteiger partial charge in [-0.1, -0.05) is 45.7 Å². The Morgan fingerprint density at radius 3 is 2.82 bits per heavy atom. The van der Waals surface area contributed by atoms with Gasteiger partial charge < -0.3 is 14.8 Å². The summed E-state index contributed by atoms with van der Waals surface area (Å²) < 4.78 is 1.95. The topological polar surface area (TPSA) is 67.2 Å². The van der Waals surface area contributed by atoms with E-state index in [0.717, 1.165) is 48.2 Å². The number of carbonyl (C=O) groups excluding carboxylic acids is 2. The van der Waals surface area contributed by atoms with Crippen LogP contribution in [0.2, 0.25) is 0 Å². The zero-order chi connectivity index (χ0) is 23.6. The summed E-state index contributed by atoms with van der Waals surface area (Å²) in [6, 6.07) is 7.98. The molecule has 0 radical (unpaired) electrons. The Morgan fingerprint density at radius 2 is 2.03 bits per heavy atom. The first-order chi connectivity index (χ1) is 15.9. The van der Waals surface area contributed by atoms with Crippen molar-refractivity contribution in [3.05, 3.63) is 30.1 Å². The standard InChI is InChI=1S/C26H38N4O2S/c1-5-15-33-16-9-14-30-24(31)23-27-21-11-6-7-13-22(21)29(23)17-26(30,4)25(32)28-20-12-8-10-18(2)19(20)3/h6-7,11,13,18-20H,5,8-10,12,14-17H2,1-4H3,(H,28,32)/t18-,19-,20-,26-/m1/s1. The number of thioether (sulfide) groups is 1. The van der Waals surface area contributed by atoms with Crippen LogP contribution in [0.4, 0.5) is 0 Å². The number of rotatable bonds is 8. The molecule has 4 rings (SSSR count). The largest absolute Gasteiger partial charge is 0.351 e. The van der Waals surface area contributed by atoms with Crippen molar-refractivity contribution in [2.24, 2.45) is 11.8 Å². The van der Waals surface area contributed by atoms with Gasteiger partial charge in [0.05, 0.1) is 17.6 Å². The highest BCUT2D eigenvalue weighted by Crippen LogP contribution is 2.33. The van der Waals surface area contributed by atoms with Gasteiger partial charge in [-0.05, 0) is 61.7 Å². The summed E-state index contributed by atoms with van der Waals surface area (Å²) >= 11 is 1.91. The fourth-order valence-corrected chi connectivity index (χ4v) is 6.19. The third-order valence-corrected chi connectivity index (χ3v) is 8.96. The molecule has 6 nitrogen and oxygen atoms in total. The molecule has 0 spiro atoms. The smallest absolute Gasteiger partial charge is 0.290 e. The van der Waals surface area contributed by atoms with Crippen LogP contribution >= 0.6 is 11.8 Å². The molecular formula is C26H38N4O2S. The number of benzene rings is 1. The molecule has 1 fully saturated rings. The van der Waals surface area contributed by atoms with Gasteiger partial charge in [0.2, 0.25) is 5.91 Å². The van der Waals surface area contributed by atoms with E-state index in [1.54, 1.807) is 4.90 Å². The Bertz CT molecular complexity index is 1010. The van der Waals surface area contributed by atoms with Crippen LogP contribution in [-0.2, 0) is 11.3 Å². The van der Waals surface area contributed by atoms with E-state index >= 15 is 0 Å². The summed E-state index contributed by atoms with van der Waals surface area (Å²) in [5, 5.41) is 3.37. The van der Waals surface area contributed by atoms with E-state index in [1.807, 2.05) is 47.5 Å². The second-order valence-corrected chi connectivity index (χ2v) is 11.3. The van der Waals surface area contributed by atoms with Gasteiger partial charge in [-0.3, -0.25) is 9.59 Å². The fraction of sp³-hybridized carbons (Fsp3) is 0.654. The highest BCUT2D eigenvalue weighted by atomic mass is 32.2.